The first-order valence-corrected chi connectivity index (χ1v) is 10.2. The molecule has 1 unspecified atom stereocenters. The minimum absolute atomic E-state index is 0.188. The molecule has 3 aromatic rings. The van der Waals surface area contributed by atoms with E-state index in [1.807, 2.05) is 12.1 Å². The predicted molar refractivity (Wildman–Crippen MR) is 110 cm³/mol. The van der Waals surface area contributed by atoms with Crippen molar-refractivity contribution in [2.24, 2.45) is 0 Å². The van der Waals surface area contributed by atoms with Crippen molar-refractivity contribution in [1.82, 2.24) is 0 Å². The van der Waals surface area contributed by atoms with E-state index in [9.17, 15) is 9.18 Å². The van der Waals surface area contributed by atoms with Gasteiger partial charge < -0.3 is 14.6 Å². The molecule has 2 aliphatic carbocycles. The summed E-state index contributed by atoms with van der Waals surface area (Å²) in [7, 11) is 0. The summed E-state index contributed by atoms with van der Waals surface area (Å²) in [6.45, 7) is 0. The maximum absolute atomic E-state index is 14.7. The van der Waals surface area contributed by atoms with E-state index in [0.29, 0.717) is 35.8 Å². The summed E-state index contributed by atoms with van der Waals surface area (Å²) in [5.41, 5.74) is 2.87. The van der Waals surface area contributed by atoms with E-state index in [4.69, 9.17) is 14.6 Å². The summed E-state index contributed by atoms with van der Waals surface area (Å²) in [4.78, 5) is 11.0. The quantitative estimate of drug-likeness (QED) is 0.527. The highest BCUT2D eigenvalue weighted by Crippen LogP contribution is 2.43. The van der Waals surface area contributed by atoms with Gasteiger partial charge in [0.1, 0.15) is 29.2 Å². The maximum Gasteiger partial charge on any atom is 0.335 e. The molecule has 5 heteroatoms. The van der Waals surface area contributed by atoms with Crippen LogP contribution in [0.15, 0.2) is 60.7 Å². The largest absolute Gasteiger partial charge is 0.486 e. The van der Waals surface area contributed by atoms with Crippen LogP contribution < -0.4 is 9.47 Å². The van der Waals surface area contributed by atoms with Gasteiger partial charge in [-0.15, -0.1) is 0 Å². The Hall–Kier alpha value is -3.34. The van der Waals surface area contributed by atoms with Gasteiger partial charge in [-0.2, -0.15) is 0 Å². The van der Waals surface area contributed by atoms with E-state index < -0.39 is 5.97 Å². The van der Waals surface area contributed by atoms with Gasteiger partial charge >= 0.3 is 5.97 Å². The second-order valence-electron chi connectivity index (χ2n) is 7.86. The molecule has 5 rings (SSSR count). The van der Waals surface area contributed by atoms with Crippen LogP contribution in [0.5, 0.6) is 17.2 Å². The first-order valence-electron chi connectivity index (χ1n) is 10.2. The van der Waals surface area contributed by atoms with Gasteiger partial charge in [0.05, 0.1) is 5.56 Å². The second kappa shape index (κ2) is 7.48. The number of carbonyl (C=O) groups is 1. The lowest BCUT2D eigenvalue weighted by molar-refractivity contribution is 0.0697. The molecule has 30 heavy (non-hydrogen) atoms. The smallest absolute Gasteiger partial charge is 0.335 e. The van der Waals surface area contributed by atoms with E-state index in [-0.39, 0.29) is 17.5 Å². The van der Waals surface area contributed by atoms with Crippen LogP contribution in [0.3, 0.4) is 0 Å². The molecular formula is C25H21FO4. The van der Waals surface area contributed by atoms with Crippen LogP contribution in [-0.4, -0.2) is 11.1 Å². The summed E-state index contributed by atoms with van der Waals surface area (Å²) in [5, 5.41) is 9.02. The van der Waals surface area contributed by atoms with Crippen LogP contribution in [0.1, 0.15) is 58.3 Å². The van der Waals surface area contributed by atoms with E-state index in [2.05, 4.69) is 12.1 Å². The van der Waals surface area contributed by atoms with Gasteiger partial charge in [-0.25, -0.2) is 9.18 Å². The Morgan fingerprint density at radius 2 is 1.60 bits per heavy atom. The lowest BCUT2D eigenvalue weighted by Gasteiger charge is -2.17. The molecule has 0 amide bonds. The highest BCUT2D eigenvalue weighted by molar-refractivity contribution is 5.87. The SMILES string of the molecule is O=C(O)c1ccc(Oc2ccc(F)c3c2CCC3Oc2ccc(C3CC3)cc2)cc1. The summed E-state index contributed by atoms with van der Waals surface area (Å²) >= 11 is 0. The molecule has 2 aliphatic rings. The Morgan fingerprint density at radius 3 is 2.27 bits per heavy atom. The summed E-state index contributed by atoms with van der Waals surface area (Å²) < 4.78 is 26.7. The maximum atomic E-state index is 14.7. The number of halogens is 1. The molecule has 0 radical (unpaired) electrons. The third-order valence-corrected chi connectivity index (χ3v) is 5.78. The lowest BCUT2D eigenvalue weighted by atomic mass is 10.1. The second-order valence-corrected chi connectivity index (χ2v) is 7.86. The molecule has 4 nitrogen and oxygen atoms in total. The van der Waals surface area contributed by atoms with Gasteiger partial charge in [-0.05, 0) is 85.7 Å². The molecule has 1 saturated carbocycles. The number of ether oxygens (including phenoxy) is 2. The number of aromatic carboxylic acids is 1. The molecule has 1 atom stereocenters. The Morgan fingerprint density at radius 1 is 0.900 bits per heavy atom. The van der Waals surface area contributed by atoms with Crippen molar-refractivity contribution < 1.29 is 23.8 Å². The van der Waals surface area contributed by atoms with Gasteiger partial charge in [-0.3, -0.25) is 0 Å². The molecule has 0 bridgehead atoms. The van der Waals surface area contributed by atoms with Crippen molar-refractivity contribution in [1.29, 1.82) is 0 Å². The highest BCUT2D eigenvalue weighted by Gasteiger charge is 2.31. The number of benzene rings is 3. The van der Waals surface area contributed by atoms with Crippen LogP contribution >= 0.6 is 0 Å². The first kappa shape index (κ1) is 18.7. The van der Waals surface area contributed by atoms with Crippen molar-refractivity contribution in [2.75, 3.05) is 0 Å². The number of carboxylic acids is 1. The van der Waals surface area contributed by atoms with Crippen molar-refractivity contribution in [2.45, 2.75) is 37.7 Å². The Labute approximate surface area is 173 Å². The van der Waals surface area contributed by atoms with Crippen LogP contribution in [-0.2, 0) is 6.42 Å². The third-order valence-electron chi connectivity index (χ3n) is 5.78. The average molecular weight is 404 g/mol. The molecule has 1 fully saturated rings. The average Bonchev–Trinajstić information content (AvgIpc) is 3.51. The van der Waals surface area contributed by atoms with Crippen LogP contribution in [0, 0.1) is 5.82 Å². The zero-order chi connectivity index (χ0) is 20.7. The third kappa shape index (κ3) is 3.63. The molecular weight excluding hydrogens is 383 g/mol. The normalized spacial score (nSPS) is 17.4. The molecule has 0 saturated heterocycles. The van der Waals surface area contributed by atoms with Gasteiger partial charge in [-0.1, -0.05) is 12.1 Å². The number of carboxylic acid groups (broad SMARTS) is 1. The fraction of sp³-hybridized carbons (Fsp3) is 0.240. The van der Waals surface area contributed by atoms with Crippen molar-refractivity contribution in [3.63, 3.8) is 0 Å². The van der Waals surface area contributed by atoms with E-state index in [1.165, 1.54) is 36.6 Å². The molecule has 3 aromatic carbocycles. The Bertz CT molecular complexity index is 1090. The minimum atomic E-state index is -0.991. The molecule has 152 valence electrons. The van der Waals surface area contributed by atoms with Crippen LogP contribution in [0.2, 0.25) is 0 Å². The summed E-state index contributed by atoms with van der Waals surface area (Å²) in [6, 6.07) is 17.3. The van der Waals surface area contributed by atoms with Gasteiger partial charge in [0.25, 0.3) is 0 Å². The van der Waals surface area contributed by atoms with Crippen molar-refractivity contribution in [3.05, 3.63) is 88.7 Å². The summed E-state index contributed by atoms with van der Waals surface area (Å²) in [6.07, 6.45) is 3.48. The van der Waals surface area contributed by atoms with E-state index in [1.54, 1.807) is 18.2 Å². The number of fused-ring (bicyclic) bond motifs is 1. The first-order chi connectivity index (χ1) is 14.6. The van der Waals surface area contributed by atoms with Crippen molar-refractivity contribution >= 4 is 5.97 Å². The fourth-order valence-electron chi connectivity index (χ4n) is 4.05. The number of rotatable bonds is 6. The monoisotopic (exact) mass is 404 g/mol. The predicted octanol–water partition coefficient (Wildman–Crippen LogP) is 6.26. The molecule has 1 N–H and O–H groups in total. The summed E-state index contributed by atoms with van der Waals surface area (Å²) in [5.74, 6) is 1.23. The minimum Gasteiger partial charge on any atom is -0.486 e. The lowest BCUT2D eigenvalue weighted by Crippen LogP contribution is -2.06. The van der Waals surface area contributed by atoms with Gasteiger partial charge in [0.15, 0.2) is 0 Å². The Balaban J connectivity index is 1.36. The van der Waals surface area contributed by atoms with Gasteiger partial charge in [0.2, 0.25) is 0 Å². The van der Waals surface area contributed by atoms with Crippen LogP contribution in [0.25, 0.3) is 0 Å². The van der Waals surface area contributed by atoms with E-state index >= 15 is 0 Å². The molecule has 0 aromatic heterocycles. The highest BCUT2D eigenvalue weighted by atomic mass is 19.1. The number of hydrogen-bond acceptors (Lipinski definition) is 3. The zero-order valence-electron chi connectivity index (χ0n) is 16.3. The topological polar surface area (TPSA) is 55.8 Å². The van der Waals surface area contributed by atoms with Crippen LogP contribution in [0.4, 0.5) is 4.39 Å². The Kier molecular flexibility index (Phi) is 4.66. The molecule has 0 spiro atoms. The fourth-order valence-corrected chi connectivity index (χ4v) is 4.05. The molecule has 0 aliphatic heterocycles. The van der Waals surface area contributed by atoms with Crippen molar-refractivity contribution in [3.8, 4) is 17.2 Å². The van der Waals surface area contributed by atoms with E-state index in [0.717, 1.165) is 11.3 Å². The van der Waals surface area contributed by atoms with Gasteiger partial charge in [0, 0.05) is 11.1 Å². The zero-order valence-corrected chi connectivity index (χ0v) is 16.3. The molecule has 0 heterocycles. The number of hydrogen-bond donors (Lipinski definition) is 1. The standard InChI is InChI=1S/C25H21FO4/c26-21-12-14-22(29-18-9-5-17(6-10-18)25(27)28)20-11-13-23(24(20)21)30-19-7-3-16(4-8-19)15-1-2-15/h3-10,12,14-15,23H,1-2,11,13H2,(H,27,28).